The minimum atomic E-state index is -1.02. The van der Waals surface area contributed by atoms with Gasteiger partial charge in [0, 0.05) is 18.4 Å². The molecule has 0 saturated carbocycles. The van der Waals surface area contributed by atoms with Crippen LogP contribution < -0.4 is 11.1 Å². The van der Waals surface area contributed by atoms with Crippen molar-refractivity contribution < 1.29 is 9.59 Å². The fraction of sp³-hybridized carbons (Fsp3) is 0.150. The van der Waals surface area contributed by atoms with Crippen molar-refractivity contribution in [3.63, 3.8) is 0 Å². The fourth-order valence-electron chi connectivity index (χ4n) is 2.96. The Labute approximate surface area is 157 Å². The number of likely N-dealkylation sites (N-methyl/N-ethyl adjacent to an activating group) is 1. The van der Waals surface area contributed by atoms with Crippen LogP contribution in [-0.4, -0.2) is 34.4 Å². The van der Waals surface area contributed by atoms with Gasteiger partial charge in [-0.2, -0.15) is 5.26 Å². The summed E-state index contributed by atoms with van der Waals surface area (Å²) < 4.78 is 0. The number of benzene rings is 2. The van der Waals surface area contributed by atoms with Crippen LogP contribution in [0.25, 0.3) is 5.70 Å². The van der Waals surface area contributed by atoms with E-state index in [0.29, 0.717) is 23.5 Å². The lowest BCUT2D eigenvalue weighted by atomic mass is 10.1. The number of nitriles is 1. The zero-order valence-corrected chi connectivity index (χ0v) is 14.8. The molecule has 0 fully saturated rings. The van der Waals surface area contributed by atoms with Crippen LogP contribution in [-0.2, 0) is 4.79 Å². The van der Waals surface area contributed by atoms with Gasteiger partial charge in [-0.15, -0.1) is 0 Å². The number of carbonyl (C=O) groups excluding carboxylic acids is 2. The first kappa shape index (κ1) is 18.0. The largest absolute Gasteiger partial charge is 0.357 e. The summed E-state index contributed by atoms with van der Waals surface area (Å²) in [5.74, 6) is -0.307. The Hall–Kier alpha value is -3.79. The molecule has 3 N–H and O–H groups in total. The third kappa shape index (κ3) is 3.60. The van der Waals surface area contributed by atoms with Crippen LogP contribution in [0.1, 0.15) is 18.1 Å². The van der Waals surface area contributed by atoms with Crippen molar-refractivity contribution in [3.05, 3.63) is 71.9 Å². The van der Waals surface area contributed by atoms with Crippen LogP contribution in [0.3, 0.4) is 0 Å². The first-order chi connectivity index (χ1) is 13.0. The molecule has 3 rings (SSSR count). The number of rotatable bonds is 4. The van der Waals surface area contributed by atoms with Crippen LogP contribution in [0.4, 0.5) is 10.5 Å². The summed E-state index contributed by atoms with van der Waals surface area (Å²) in [5.41, 5.74) is 7.91. The second kappa shape index (κ2) is 7.62. The van der Waals surface area contributed by atoms with E-state index in [0.717, 1.165) is 5.56 Å². The van der Waals surface area contributed by atoms with E-state index < -0.39 is 12.2 Å². The highest BCUT2D eigenvalue weighted by Gasteiger charge is 2.38. The topological polar surface area (TPSA) is 102 Å². The molecule has 136 valence electrons. The molecule has 7 heteroatoms. The van der Waals surface area contributed by atoms with E-state index in [1.165, 1.54) is 9.80 Å². The molecule has 0 aliphatic carbocycles. The number of amides is 3. The monoisotopic (exact) mass is 361 g/mol. The molecule has 0 spiro atoms. The van der Waals surface area contributed by atoms with Crippen LogP contribution in [0.15, 0.2) is 60.8 Å². The van der Waals surface area contributed by atoms with Gasteiger partial charge in [-0.05, 0) is 30.7 Å². The molecular formula is C20H19N5O2. The highest BCUT2D eigenvalue weighted by atomic mass is 16.2. The lowest BCUT2D eigenvalue weighted by Gasteiger charge is -2.39. The average Bonchev–Trinajstić information content (AvgIpc) is 2.69. The Balaban J connectivity index is 2.05. The highest BCUT2D eigenvalue weighted by molar-refractivity contribution is 5.97. The van der Waals surface area contributed by atoms with Crippen LogP contribution in [0, 0.1) is 11.3 Å². The van der Waals surface area contributed by atoms with Crippen LogP contribution in [0.2, 0.25) is 0 Å². The van der Waals surface area contributed by atoms with Crippen molar-refractivity contribution >= 4 is 23.3 Å². The maximum absolute atomic E-state index is 12.9. The summed E-state index contributed by atoms with van der Waals surface area (Å²) in [6, 6.07) is 17.3. The number of nitrogens with zero attached hydrogens (tertiary/aromatic N) is 3. The maximum Gasteiger partial charge on any atom is 0.321 e. The van der Waals surface area contributed by atoms with Gasteiger partial charge in [0.1, 0.15) is 0 Å². The quantitative estimate of drug-likeness (QED) is 0.873. The van der Waals surface area contributed by atoms with Crippen LogP contribution in [0.5, 0.6) is 0 Å². The minimum Gasteiger partial charge on any atom is -0.357 e. The molecule has 7 nitrogen and oxygen atoms in total. The van der Waals surface area contributed by atoms with Gasteiger partial charge in [-0.1, -0.05) is 36.4 Å². The van der Waals surface area contributed by atoms with Crippen molar-refractivity contribution in [2.24, 2.45) is 5.73 Å². The Kier molecular flexibility index (Phi) is 5.08. The van der Waals surface area contributed by atoms with E-state index in [9.17, 15) is 9.59 Å². The molecule has 1 unspecified atom stereocenters. The number of urea groups is 1. The third-order valence-electron chi connectivity index (χ3n) is 4.26. The zero-order chi connectivity index (χ0) is 19.4. The lowest BCUT2D eigenvalue weighted by molar-refractivity contribution is -0.132. The number of primary amides is 1. The number of anilines is 1. The molecule has 3 amide bonds. The van der Waals surface area contributed by atoms with Crippen molar-refractivity contribution in [1.29, 1.82) is 5.26 Å². The molecule has 2 aromatic carbocycles. The summed E-state index contributed by atoms with van der Waals surface area (Å²) in [5, 5.41) is 12.1. The lowest BCUT2D eigenvalue weighted by Crippen LogP contribution is -2.57. The molecule has 0 aromatic heterocycles. The predicted octanol–water partition coefficient (Wildman–Crippen LogP) is 2.54. The second-order valence-corrected chi connectivity index (χ2v) is 5.95. The van der Waals surface area contributed by atoms with Gasteiger partial charge in [0.15, 0.2) is 6.17 Å². The van der Waals surface area contributed by atoms with Crippen molar-refractivity contribution in [3.8, 4) is 6.07 Å². The Morgan fingerprint density at radius 2 is 1.96 bits per heavy atom. The van der Waals surface area contributed by atoms with Crippen molar-refractivity contribution in [1.82, 2.24) is 9.80 Å². The zero-order valence-electron chi connectivity index (χ0n) is 14.8. The third-order valence-corrected chi connectivity index (χ3v) is 4.26. The maximum atomic E-state index is 12.9. The standard InChI is InChI=1S/C20H19N5O2/c1-2-24-13-17(15-8-4-3-5-9-15)25(20(22)27)18(19(24)26)23-16-10-6-7-14(11-16)12-21/h3-11,13,18,23H,2H2,1H3,(H2,22,27). The van der Waals surface area contributed by atoms with Gasteiger partial charge in [0.2, 0.25) is 0 Å². The number of nitrogens with one attached hydrogen (secondary N) is 1. The van der Waals surface area contributed by atoms with Gasteiger partial charge < -0.3 is 16.0 Å². The van der Waals surface area contributed by atoms with E-state index in [4.69, 9.17) is 11.0 Å². The fourth-order valence-corrected chi connectivity index (χ4v) is 2.96. The van der Waals surface area contributed by atoms with Gasteiger partial charge >= 0.3 is 6.03 Å². The van der Waals surface area contributed by atoms with E-state index in [-0.39, 0.29) is 5.91 Å². The molecule has 0 saturated heterocycles. The number of nitrogens with two attached hydrogens (primary N) is 1. The van der Waals surface area contributed by atoms with Gasteiger partial charge in [-0.3, -0.25) is 9.69 Å². The molecule has 27 heavy (non-hydrogen) atoms. The molecule has 1 aliphatic rings. The molecular weight excluding hydrogens is 342 g/mol. The summed E-state index contributed by atoms with van der Waals surface area (Å²) in [6.45, 7) is 2.29. The molecule has 0 radical (unpaired) electrons. The summed E-state index contributed by atoms with van der Waals surface area (Å²) in [7, 11) is 0. The van der Waals surface area contributed by atoms with Gasteiger partial charge in [0.05, 0.1) is 17.3 Å². The van der Waals surface area contributed by atoms with Crippen molar-refractivity contribution in [2.45, 2.75) is 13.1 Å². The number of carbonyl (C=O) groups is 2. The summed E-state index contributed by atoms with van der Waals surface area (Å²) in [4.78, 5) is 27.9. The van der Waals surface area contributed by atoms with Crippen LogP contribution >= 0.6 is 0 Å². The molecule has 0 bridgehead atoms. The second-order valence-electron chi connectivity index (χ2n) is 5.95. The molecule has 1 atom stereocenters. The number of hydrogen-bond donors (Lipinski definition) is 2. The Morgan fingerprint density at radius 1 is 1.22 bits per heavy atom. The first-order valence-corrected chi connectivity index (χ1v) is 8.48. The Bertz CT molecular complexity index is 933. The average molecular weight is 361 g/mol. The van der Waals surface area contributed by atoms with Crippen molar-refractivity contribution in [2.75, 3.05) is 11.9 Å². The highest BCUT2D eigenvalue weighted by Crippen LogP contribution is 2.28. The molecule has 1 aliphatic heterocycles. The van der Waals surface area contributed by atoms with Gasteiger partial charge in [0.25, 0.3) is 5.91 Å². The minimum absolute atomic E-state index is 0.307. The molecule has 1 heterocycles. The van der Waals surface area contributed by atoms with E-state index >= 15 is 0 Å². The SMILES string of the molecule is CCN1C=C(c2ccccc2)N(C(N)=O)C(Nc2cccc(C#N)c2)C1=O. The van der Waals surface area contributed by atoms with Gasteiger partial charge in [-0.25, -0.2) is 4.79 Å². The van der Waals surface area contributed by atoms with E-state index in [1.54, 1.807) is 30.5 Å². The Morgan fingerprint density at radius 3 is 2.59 bits per heavy atom. The first-order valence-electron chi connectivity index (χ1n) is 8.48. The smallest absolute Gasteiger partial charge is 0.321 e. The van der Waals surface area contributed by atoms with E-state index in [2.05, 4.69) is 11.4 Å². The molecule has 2 aromatic rings. The predicted molar refractivity (Wildman–Crippen MR) is 102 cm³/mol. The summed E-state index contributed by atoms with van der Waals surface area (Å²) >= 11 is 0. The van der Waals surface area contributed by atoms with E-state index in [1.807, 2.05) is 37.3 Å². The summed E-state index contributed by atoms with van der Waals surface area (Å²) in [6.07, 6.45) is 0.614. The normalized spacial score (nSPS) is 16.5. The number of hydrogen-bond acceptors (Lipinski definition) is 4.